The Morgan fingerprint density at radius 3 is 2.62 bits per heavy atom. The van der Waals surface area contributed by atoms with E-state index in [9.17, 15) is 8.42 Å². The average Bonchev–Trinajstić information content (AvgIpc) is 3.06. The van der Waals surface area contributed by atoms with Crippen molar-refractivity contribution in [1.82, 2.24) is 19.4 Å². The summed E-state index contributed by atoms with van der Waals surface area (Å²) in [6, 6.07) is 0.558. The van der Waals surface area contributed by atoms with Crippen LogP contribution in [-0.4, -0.2) is 105 Å². The van der Waals surface area contributed by atoms with E-state index in [0.717, 1.165) is 30.6 Å². The van der Waals surface area contributed by atoms with E-state index in [2.05, 4.69) is 27.0 Å². The summed E-state index contributed by atoms with van der Waals surface area (Å²) in [5.41, 5.74) is 0. The fourth-order valence-electron chi connectivity index (χ4n) is 3.55. The quantitative estimate of drug-likeness (QED) is 0.307. The molecule has 0 aromatic rings. The molecule has 2 fully saturated rings. The van der Waals surface area contributed by atoms with Crippen LogP contribution in [-0.2, 0) is 10.0 Å². The van der Waals surface area contributed by atoms with Gasteiger partial charge in [0.25, 0.3) is 0 Å². The maximum atomic E-state index is 12.4. The summed E-state index contributed by atoms with van der Waals surface area (Å²) < 4.78 is 26.4. The monoisotopic (exact) mass is 519 g/mol. The Labute approximate surface area is 180 Å². The first-order valence-electron chi connectivity index (χ1n) is 9.19. The fraction of sp³-hybridized carbons (Fsp3) is 0.938. The SMILES string of the molecule is CCN1CCCC1CN(C)C(=NC)NCCS(=O)(=O)N1CCSCC1.I. The molecule has 26 heavy (non-hydrogen) atoms. The van der Waals surface area contributed by atoms with E-state index in [-0.39, 0.29) is 29.7 Å². The van der Waals surface area contributed by atoms with Crippen molar-refractivity contribution in [3.8, 4) is 0 Å². The largest absolute Gasteiger partial charge is 0.355 e. The molecular weight excluding hydrogens is 485 g/mol. The molecule has 0 saturated carbocycles. The Kier molecular flexibility index (Phi) is 11.1. The van der Waals surface area contributed by atoms with E-state index >= 15 is 0 Å². The number of likely N-dealkylation sites (N-methyl/N-ethyl adjacent to an activating group) is 2. The Hall–Kier alpha value is 0.220. The second kappa shape index (κ2) is 11.9. The molecule has 2 heterocycles. The molecule has 1 N–H and O–H groups in total. The van der Waals surface area contributed by atoms with Gasteiger partial charge in [-0.3, -0.25) is 9.89 Å². The van der Waals surface area contributed by atoms with Crippen LogP contribution in [0.15, 0.2) is 4.99 Å². The Balaban J connectivity index is 0.00000338. The zero-order valence-corrected chi connectivity index (χ0v) is 20.1. The number of sulfonamides is 1. The van der Waals surface area contributed by atoms with Crippen LogP contribution in [0.1, 0.15) is 19.8 Å². The minimum atomic E-state index is -3.17. The maximum absolute atomic E-state index is 12.4. The lowest BCUT2D eigenvalue weighted by molar-refractivity contribution is 0.233. The molecule has 2 aliphatic rings. The molecule has 0 amide bonds. The molecule has 7 nitrogen and oxygen atoms in total. The number of likely N-dealkylation sites (tertiary alicyclic amines) is 1. The van der Waals surface area contributed by atoms with Gasteiger partial charge in [0.05, 0.1) is 5.75 Å². The fourth-order valence-corrected chi connectivity index (χ4v) is 6.04. The smallest absolute Gasteiger partial charge is 0.215 e. The third-order valence-electron chi connectivity index (χ3n) is 4.97. The van der Waals surface area contributed by atoms with Crippen LogP contribution in [0, 0.1) is 0 Å². The van der Waals surface area contributed by atoms with Crippen molar-refractivity contribution in [1.29, 1.82) is 0 Å². The molecule has 0 radical (unpaired) electrons. The zero-order valence-electron chi connectivity index (χ0n) is 16.2. The van der Waals surface area contributed by atoms with Gasteiger partial charge in [-0.15, -0.1) is 24.0 Å². The molecule has 1 atom stereocenters. The standard InChI is InChI=1S/C16H33N5O2S2.HI/c1-4-20-8-5-6-15(20)14-19(3)16(17-2)18-7-13-25(22,23)21-9-11-24-12-10-21;/h15H,4-14H2,1-3H3,(H,17,18);1H. The molecular formula is C16H34IN5O2S2. The third kappa shape index (κ3) is 6.99. The summed E-state index contributed by atoms with van der Waals surface area (Å²) in [6.07, 6.45) is 2.47. The number of hydrogen-bond acceptors (Lipinski definition) is 5. The van der Waals surface area contributed by atoms with Gasteiger partial charge < -0.3 is 10.2 Å². The van der Waals surface area contributed by atoms with Crippen molar-refractivity contribution < 1.29 is 8.42 Å². The Morgan fingerprint density at radius 1 is 1.31 bits per heavy atom. The van der Waals surface area contributed by atoms with Crippen molar-refractivity contribution in [2.24, 2.45) is 4.99 Å². The van der Waals surface area contributed by atoms with Crippen molar-refractivity contribution in [2.75, 3.05) is 70.6 Å². The number of thioether (sulfide) groups is 1. The minimum absolute atomic E-state index is 0. The van der Waals surface area contributed by atoms with Gasteiger partial charge in [0, 0.05) is 57.8 Å². The lowest BCUT2D eigenvalue weighted by Gasteiger charge is -2.30. The van der Waals surface area contributed by atoms with Crippen LogP contribution in [0.4, 0.5) is 0 Å². The number of halogens is 1. The number of aliphatic imine (C=N–C) groups is 1. The maximum Gasteiger partial charge on any atom is 0.215 e. The first-order valence-corrected chi connectivity index (χ1v) is 12.0. The topological polar surface area (TPSA) is 68.2 Å². The summed E-state index contributed by atoms with van der Waals surface area (Å²) in [5.74, 6) is 2.68. The summed E-state index contributed by atoms with van der Waals surface area (Å²) >= 11 is 1.82. The summed E-state index contributed by atoms with van der Waals surface area (Å²) in [4.78, 5) is 8.93. The summed E-state index contributed by atoms with van der Waals surface area (Å²) in [7, 11) is 0.605. The normalized spacial score (nSPS) is 22.9. The highest BCUT2D eigenvalue weighted by Gasteiger charge is 2.26. The number of guanidine groups is 1. The van der Waals surface area contributed by atoms with Crippen molar-refractivity contribution in [3.63, 3.8) is 0 Å². The van der Waals surface area contributed by atoms with Crippen LogP contribution in [0.5, 0.6) is 0 Å². The van der Waals surface area contributed by atoms with Gasteiger partial charge in [-0.25, -0.2) is 12.7 Å². The van der Waals surface area contributed by atoms with Gasteiger partial charge in [0.15, 0.2) is 5.96 Å². The molecule has 2 aliphatic heterocycles. The Bertz CT molecular complexity index is 541. The van der Waals surface area contributed by atoms with E-state index in [1.54, 1.807) is 11.4 Å². The molecule has 0 spiro atoms. The predicted molar refractivity (Wildman–Crippen MR) is 122 cm³/mol. The highest BCUT2D eigenvalue weighted by Crippen LogP contribution is 2.17. The highest BCUT2D eigenvalue weighted by molar-refractivity contribution is 14.0. The van der Waals surface area contributed by atoms with E-state index in [0.29, 0.717) is 25.7 Å². The van der Waals surface area contributed by atoms with E-state index < -0.39 is 10.0 Å². The first-order chi connectivity index (χ1) is 12.0. The molecule has 1 unspecified atom stereocenters. The zero-order chi connectivity index (χ0) is 18.3. The number of nitrogens with zero attached hydrogens (tertiary/aromatic N) is 4. The van der Waals surface area contributed by atoms with E-state index in [1.165, 1.54) is 19.4 Å². The van der Waals surface area contributed by atoms with Gasteiger partial charge in [0.2, 0.25) is 10.0 Å². The van der Waals surface area contributed by atoms with E-state index in [1.807, 2.05) is 18.8 Å². The summed E-state index contributed by atoms with van der Waals surface area (Å²) in [6.45, 7) is 7.04. The van der Waals surface area contributed by atoms with Crippen LogP contribution in [0.2, 0.25) is 0 Å². The average molecular weight is 520 g/mol. The molecule has 2 rings (SSSR count). The van der Waals surface area contributed by atoms with Crippen molar-refractivity contribution >= 4 is 51.7 Å². The molecule has 0 aromatic heterocycles. The van der Waals surface area contributed by atoms with Crippen molar-refractivity contribution in [3.05, 3.63) is 0 Å². The lowest BCUT2D eigenvalue weighted by atomic mass is 10.2. The van der Waals surface area contributed by atoms with E-state index in [4.69, 9.17) is 0 Å². The van der Waals surface area contributed by atoms with Gasteiger partial charge in [0.1, 0.15) is 0 Å². The van der Waals surface area contributed by atoms with Gasteiger partial charge >= 0.3 is 0 Å². The first kappa shape index (κ1) is 24.3. The van der Waals surface area contributed by atoms with Crippen LogP contribution >= 0.6 is 35.7 Å². The molecule has 0 bridgehead atoms. The predicted octanol–water partition coefficient (Wildman–Crippen LogP) is 0.975. The van der Waals surface area contributed by atoms with Gasteiger partial charge in [-0.05, 0) is 25.9 Å². The number of hydrogen-bond donors (Lipinski definition) is 1. The van der Waals surface area contributed by atoms with Crippen molar-refractivity contribution in [2.45, 2.75) is 25.8 Å². The van der Waals surface area contributed by atoms with Gasteiger partial charge in [-0.1, -0.05) is 6.92 Å². The van der Waals surface area contributed by atoms with Gasteiger partial charge in [-0.2, -0.15) is 11.8 Å². The molecule has 0 aromatic carbocycles. The van der Waals surface area contributed by atoms with Crippen LogP contribution < -0.4 is 5.32 Å². The minimum Gasteiger partial charge on any atom is -0.355 e. The molecule has 2 saturated heterocycles. The number of nitrogens with one attached hydrogen (secondary N) is 1. The summed E-state index contributed by atoms with van der Waals surface area (Å²) in [5, 5.41) is 3.22. The third-order valence-corrected chi connectivity index (χ3v) is 7.78. The lowest BCUT2D eigenvalue weighted by Crippen LogP contribution is -2.47. The van der Waals surface area contributed by atoms with Crippen LogP contribution in [0.3, 0.4) is 0 Å². The number of rotatable bonds is 7. The highest BCUT2D eigenvalue weighted by atomic mass is 127. The molecule has 10 heteroatoms. The van der Waals surface area contributed by atoms with Crippen LogP contribution in [0.25, 0.3) is 0 Å². The Morgan fingerprint density at radius 2 is 2.00 bits per heavy atom. The molecule has 0 aliphatic carbocycles. The molecule has 154 valence electrons. The second-order valence-electron chi connectivity index (χ2n) is 6.61. The second-order valence-corrected chi connectivity index (χ2v) is 9.92.